The number of carbonyl (C=O) groups is 1. The molecule has 0 spiro atoms. The summed E-state index contributed by atoms with van der Waals surface area (Å²) in [7, 11) is 0. The van der Waals surface area contributed by atoms with E-state index in [4.69, 9.17) is 21.4 Å². The summed E-state index contributed by atoms with van der Waals surface area (Å²) in [6.07, 6.45) is 2.81. The number of halogens is 1. The molecule has 1 aromatic heterocycles. The molecule has 4 atom stereocenters. The van der Waals surface area contributed by atoms with Crippen molar-refractivity contribution in [2.24, 2.45) is 11.8 Å². The Morgan fingerprint density at radius 3 is 2.65 bits per heavy atom. The smallest absolute Gasteiger partial charge is 0.345 e. The fourth-order valence-electron chi connectivity index (χ4n) is 3.61. The van der Waals surface area contributed by atoms with Gasteiger partial charge in [-0.25, -0.2) is 4.79 Å². The van der Waals surface area contributed by atoms with Gasteiger partial charge in [0.05, 0.1) is 12.7 Å². The lowest BCUT2D eigenvalue weighted by molar-refractivity contribution is 0.0701. The van der Waals surface area contributed by atoms with Crippen LogP contribution in [0.15, 0.2) is 42.5 Å². The molecule has 1 heterocycles. The molecular weight excluding hydrogens is 372 g/mol. The third-order valence-electron chi connectivity index (χ3n) is 4.99. The fourth-order valence-corrected chi connectivity index (χ4v) is 5.00. The third-order valence-corrected chi connectivity index (χ3v) is 6.63. The van der Waals surface area contributed by atoms with E-state index in [1.165, 1.54) is 11.3 Å². The standard InChI is InChI=1S/C20H23ClO4S/c21-17-11-18(22)16(12-25-13-5-2-1-3-6-13)15(17)8-4-7-14-9-10-19(26-14)20(23)24/h1-3,5-6,9-10,15-18,22H,4,7-8,11-12H2,(H,23,24)/t15-,16-,17+,18-/m1/s1. The topological polar surface area (TPSA) is 66.8 Å². The van der Waals surface area contributed by atoms with Crippen molar-refractivity contribution in [2.45, 2.75) is 37.2 Å². The molecule has 140 valence electrons. The molecule has 0 saturated heterocycles. The van der Waals surface area contributed by atoms with E-state index in [0.717, 1.165) is 29.9 Å². The first-order chi connectivity index (χ1) is 12.5. The lowest BCUT2D eigenvalue weighted by atomic mass is 9.90. The number of carboxylic acid groups (broad SMARTS) is 1. The lowest BCUT2D eigenvalue weighted by Crippen LogP contribution is -2.27. The molecular formula is C20H23ClO4S. The maximum atomic E-state index is 11.0. The van der Waals surface area contributed by atoms with Gasteiger partial charge < -0.3 is 14.9 Å². The van der Waals surface area contributed by atoms with Crippen LogP contribution in [-0.4, -0.2) is 34.3 Å². The zero-order valence-electron chi connectivity index (χ0n) is 14.4. The minimum Gasteiger partial charge on any atom is -0.493 e. The minimum atomic E-state index is -0.876. The molecule has 2 N–H and O–H groups in total. The predicted octanol–water partition coefficient (Wildman–Crippen LogP) is 4.45. The van der Waals surface area contributed by atoms with Crippen molar-refractivity contribution in [3.63, 3.8) is 0 Å². The summed E-state index contributed by atoms with van der Waals surface area (Å²) in [5.41, 5.74) is 0. The summed E-state index contributed by atoms with van der Waals surface area (Å²) in [6.45, 7) is 0.460. The Labute approximate surface area is 162 Å². The normalized spacial score (nSPS) is 25.3. The average Bonchev–Trinajstić information content (AvgIpc) is 3.19. The van der Waals surface area contributed by atoms with Crippen LogP contribution in [0, 0.1) is 11.8 Å². The maximum Gasteiger partial charge on any atom is 0.345 e. The van der Waals surface area contributed by atoms with Crippen LogP contribution in [0.2, 0.25) is 0 Å². The summed E-state index contributed by atoms with van der Waals surface area (Å²) in [5.74, 6) is 0.153. The molecule has 1 aromatic carbocycles. The third kappa shape index (κ3) is 4.78. The van der Waals surface area contributed by atoms with Crippen LogP contribution in [0.25, 0.3) is 0 Å². The highest BCUT2D eigenvalue weighted by molar-refractivity contribution is 7.13. The van der Waals surface area contributed by atoms with Crippen molar-refractivity contribution in [3.05, 3.63) is 52.2 Å². The van der Waals surface area contributed by atoms with E-state index < -0.39 is 12.1 Å². The van der Waals surface area contributed by atoms with Gasteiger partial charge in [-0.2, -0.15) is 0 Å². The van der Waals surface area contributed by atoms with Gasteiger partial charge >= 0.3 is 5.97 Å². The van der Waals surface area contributed by atoms with Crippen LogP contribution in [0.5, 0.6) is 5.75 Å². The quantitative estimate of drug-likeness (QED) is 0.649. The Morgan fingerprint density at radius 1 is 1.19 bits per heavy atom. The Morgan fingerprint density at radius 2 is 1.96 bits per heavy atom. The molecule has 1 aliphatic rings. The Kier molecular flexibility index (Phi) is 6.57. The number of aryl methyl sites for hydroxylation is 1. The van der Waals surface area contributed by atoms with Gasteiger partial charge in [0.1, 0.15) is 10.6 Å². The number of alkyl halides is 1. The van der Waals surface area contributed by atoms with E-state index in [0.29, 0.717) is 17.9 Å². The van der Waals surface area contributed by atoms with Gasteiger partial charge in [-0.15, -0.1) is 22.9 Å². The summed E-state index contributed by atoms with van der Waals surface area (Å²) in [5, 5.41) is 19.3. The van der Waals surface area contributed by atoms with Crippen molar-refractivity contribution in [1.29, 1.82) is 0 Å². The van der Waals surface area contributed by atoms with Crippen molar-refractivity contribution in [3.8, 4) is 5.75 Å². The van der Waals surface area contributed by atoms with E-state index >= 15 is 0 Å². The first-order valence-corrected chi connectivity index (χ1v) is 10.1. The zero-order chi connectivity index (χ0) is 18.5. The molecule has 0 bridgehead atoms. The number of aliphatic hydroxyl groups is 1. The summed E-state index contributed by atoms with van der Waals surface area (Å²) < 4.78 is 5.85. The fraction of sp³-hybridized carbons (Fsp3) is 0.450. The zero-order valence-corrected chi connectivity index (χ0v) is 16.0. The van der Waals surface area contributed by atoms with Gasteiger partial charge in [0.25, 0.3) is 0 Å². The Bertz CT molecular complexity index is 718. The summed E-state index contributed by atoms with van der Waals surface area (Å²) >= 11 is 7.81. The van der Waals surface area contributed by atoms with E-state index in [2.05, 4.69) is 0 Å². The monoisotopic (exact) mass is 394 g/mol. The van der Waals surface area contributed by atoms with E-state index in [1.54, 1.807) is 6.07 Å². The molecule has 3 rings (SSSR count). The van der Waals surface area contributed by atoms with E-state index in [1.807, 2.05) is 36.4 Å². The van der Waals surface area contributed by atoms with Gasteiger partial charge in [-0.1, -0.05) is 18.2 Å². The number of hydrogen-bond acceptors (Lipinski definition) is 4. The van der Waals surface area contributed by atoms with Crippen LogP contribution >= 0.6 is 22.9 Å². The van der Waals surface area contributed by atoms with Crippen LogP contribution < -0.4 is 4.74 Å². The molecule has 26 heavy (non-hydrogen) atoms. The molecule has 0 amide bonds. The van der Waals surface area contributed by atoms with Crippen LogP contribution in [0.3, 0.4) is 0 Å². The number of ether oxygens (including phenoxy) is 1. The largest absolute Gasteiger partial charge is 0.493 e. The molecule has 1 aliphatic carbocycles. The maximum absolute atomic E-state index is 11.0. The van der Waals surface area contributed by atoms with E-state index in [9.17, 15) is 9.90 Å². The van der Waals surface area contributed by atoms with Gasteiger partial charge in [0.2, 0.25) is 0 Å². The van der Waals surface area contributed by atoms with Gasteiger partial charge in [-0.05, 0) is 55.9 Å². The molecule has 4 nitrogen and oxygen atoms in total. The number of thiophene rings is 1. The van der Waals surface area contributed by atoms with Crippen LogP contribution in [0.4, 0.5) is 0 Å². The second-order valence-corrected chi connectivity index (χ2v) is 8.46. The first kappa shape index (κ1) is 19.2. The number of aromatic carboxylic acids is 1. The van der Waals surface area contributed by atoms with Crippen LogP contribution in [0.1, 0.15) is 33.8 Å². The molecule has 2 aromatic rings. The molecule has 0 aliphatic heterocycles. The van der Waals surface area contributed by atoms with Crippen molar-refractivity contribution in [2.75, 3.05) is 6.61 Å². The lowest BCUT2D eigenvalue weighted by Gasteiger charge is -2.23. The number of rotatable bonds is 8. The second-order valence-electron chi connectivity index (χ2n) is 6.73. The first-order valence-electron chi connectivity index (χ1n) is 8.86. The predicted molar refractivity (Wildman–Crippen MR) is 103 cm³/mol. The second kappa shape index (κ2) is 8.89. The number of hydrogen-bond donors (Lipinski definition) is 2. The Hall–Kier alpha value is -1.56. The highest BCUT2D eigenvalue weighted by atomic mass is 35.5. The average molecular weight is 395 g/mol. The highest BCUT2D eigenvalue weighted by Gasteiger charge is 2.41. The number of carboxylic acids is 1. The Balaban J connectivity index is 1.53. The summed E-state index contributed by atoms with van der Waals surface area (Å²) in [4.78, 5) is 12.4. The van der Waals surface area contributed by atoms with E-state index in [-0.39, 0.29) is 17.2 Å². The molecule has 1 fully saturated rings. The van der Waals surface area contributed by atoms with Crippen LogP contribution in [-0.2, 0) is 6.42 Å². The van der Waals surface area contributed by atoms with Gasteiger partial charge in [0.15, 0.2) is 0 Å². The van der Waals surface area contributed by atoms with Crippen molar-refractivity contribution >= 4 is 28.9 Å². The molecule has 6 heteroatoms. The molecule has 1 saturated carbocycles. The SMILES string of the molecule is O=C(O)c1ccc(CCC[C@@H]2[C@@H](COc3ccccc3)[C@H](O)C[C@@H]2Cl)s1. The molecule has 0 unspecified atom stereocenters. The number of benzene rings is 1. The minimum absolute atomic E-state index is 0.0237. The summed E-state index contributed by atoms with van der Waals surface area (Å²) in [6, 6.07) is 13.1. The number of aliphatic hydroxyl groups excluding tert-OH is 1. The molecule has 0 radical (unpaired) electrons. The van der Waals surface area contributed by atoms with Crippen molar-refractivity contribution < 1.29 is 19.7 Å². The van der Waals surface area contributed by atoms with Gasteiger partial charge in [-0.3, -0.25) is 0 Å². The number of para-hydroxylation sites is 1. The highest BCUT2D eigenvalue weighted by Crippen LogP contribution is 2.39. The van der Waals surface area contributed by atoms with Gasteiger partial charge in [0, 0.05) is 16.2 Å². The van der Waals surface area contributed by atoms with Crippen molar-refractivity contribution in [1.82, 2.24) is 0 Å².